The van der Waals surface area contributed by atoms with E-state index in [2.05, 4.69) is 28.9 Å². The molecule has 4 heteroatoms. The van der Waals surface area contributed by atoms with E-state index < -0.39 is 5.60 Å². The van der Waals surface area contributed by atoms with Crippen molar-refractivity contribution >= 4 is 27.7 Å². The molecule has 104 valence electrons. The number of aryl methyl sites for hydroxylation is 1. The summed E-state index contributed by atoms with van der Waals surface area (Å²) in [5.74, 6) is 0. The van der Waals surface area contributed by atoms with Gasteiger partial charge < -0.3 is 4.74 Å². The van der Waals surface area contributed by atoms with Crippen LogP contribution in [0.1, 0.15) is 39.7 Å². The number of benzene rings is 1. The number of halogens is 1. The Morgan fingerprint density at radius 3 is 2.74 bits per heavy atom. The molecule has 1 heterocycles. The van der Waals surface area contributed by atoms with E-state index in [4.69, 9.17) is 4.74 Å². The van der Waals surface area contributed by atoms with Crippen molar-refractivity contribution in [1.82, 2.24) is 0 Å². The summed E-state index contributed by atoms with van der Waals surface area (Å²) < 4.78 is 6.47. The predicted octanol–water partition coefficient (Wildman–Crippen LogP) is 4.53. The summed E-state index contributed by atoms with van der Waals surface area (Å²) >= 11 is 3.55. The van der Waals surface area contributed by atoms with Crippen molar-refractivity contribution in [1.29, 1.82) is 0 Å². The highest BCUT2D eigenvalue weighted by molar-refractivity contribution is 9.10. The molecule has 1 unspecified atom stereocenters. The Morgan fingerprint density at radius 2 is 2.11 bits per heavy atom. The average molecular weight is 326 g/mol. The third-order valence-corrected chi connectivity index (χ3v) is 3.81. The maximum absolute atomic E-state index is 12.4. The molecule has 2 rings (SSSR count). The third kappa shape index (κ3) is 3.11. The van der Waals surface area contributed by atoms with Gasteiger partial charge in [0.05, 0.1) is 5.69 Å². The van der Waals surface area contributed by atoms with Crippen molar-refractivity contribution in [3.8, 4) is 0 Å². The first-order valence-electron chi connectivity index (χ1n) is 6.59. The van der Waals surface area contributed by atoms with Crippen LogP contribution in [0, 0.1) is 0 Å². The van der Waals surface area contributed by atoms with Crippen LogP contribution in [0.3, 0.4) is 0 Å². The van der Waals surface area contributed by atoms with Gasteiger partial charge in [0.2, 0.25) is 0 Å². The summed E-state index contributed by atoms with van der Waals surface area (Å²) in [6.45, 7) is 7.73. The molecule has 1 aromatic carbocycles. The predicted molar refractivity (Wildman–Crippen MR) is 80.6 cm³/mol. The molecular formula is C15H20BrNO2. The van der Waals surface area contributed by atoms with Crippen molar-refractivity contribution in [2.75, 3.05) is 4.90 Å². The maximum atomic E-state index is 12.4. The van der Waals surface area contributed by atoms with Crippen LogP contribution in [0.25, 0.3) is 0 Å². The van der Waals surface area contributed by atoms with Gasteiger partial charge in [0, 0.05) is 10.5 Å². The number of rotatable bonds is 0. The molecule has 0 fully saturated rings. The number of nitrogens with zero attached hydrogens (tertiary/aromatic N) is 1. The van der Waals surface area contributed by atoms with E-state index in [0.717, 1.165) is 23.0 Å². The molecule has 0 radical (unpaired) electrons. The molecule has 1 aliphatic rings. The summed E-state index contributed by atoms with van der Waals surface area (Å²) in [4.78, 5) is 14.2. The zero-order valence-corrected chi connectivity index (χ0v) is 13.5. The largest absolute Gasteiger partial charge is 0.443 e. The molecule has 0 aliphatic carbocycles. The number of carbonyl (C=O) groups excluding carboxylic acids is 1. The Kier molecular flexibility index (Phi) is 3.90. The van der Waals surface area contributed by atoms with Gasteiger partial charge in [-0.15, -0.1) is 0 Å². The van der Waals surface area contributed by atoms with Crippen molar-refractivity contribution in [3.63, 3.8) is 0 Å². The summed E-state index contributed by atoms with van der Waals surface area (Å²) in [6.07, 6.45) is 1.69. The smallest absolute Gasteiger partial charge is 0.415 e. The van der Waals surface area contributed by atoms with Gasteiger partial charge >= 0.3 is 6.09 Å². The second-order valence-corrected chi connectivity index (χ2v) is 6.84. The van der Waals surface area contributed by atoms with Crippen LogP contribution < -0.4 is 4.90 Å². The molecule has 0 spiro atoms. The fraction of sp³-hybridized carbons (Fsp3) is 0.533. The SMILES string of the molecule is CC1CCc2cccc(Br)c2N1C(=O)OC(C)(C)C. The Hall–Kier alpha value is -1.03. The monoisotopic (exact) mass is 325 g/mol. The Bertz CT molecular complexity index is 493. The van der Waals surface area contributed by atoms with Crippen LogP contribution in [-0.4, -0.2) is 17.7 Å². The standard InChI is InChI=1S/C15H20BrNO2/c1-10-8-9-11-6-5-7-12(16)13(11)17(10)14(18)19-15(2,3)4/h5-7,10H,8-9H2,1-4H3. The number of hydrogen-bond acceptors (Lipinski definition) is 2. The summed E-state index contributed by atoms with van der Waals surface area (Å²) in [5, 5.41) is 0. The van der Waals surface area contributed by atoms with E-state index in [1.54, 1.807) is 4.90 Å². The van der Waals surface area contributed by atoms with Gasteiger partial charge in [0.25, 0.3) is 0 Å². The van der Waals surface area contributed by atoms with E-state index in [9.17, 15) is 4.79 Å². The van der Waals surface area contributed by atoms with Crippen molar-refractivity contribution in [2.45, 2.75) is 52.2 Å². The highest BCUT2D eigenvalue weighted by Gasteiger charge is 2.32. The normalized spacial score (nSPS) is 19.0. The van der Waals surface area contributed by atoms with Crippen LogP contribution in [0.15, 0.2) is 22.7 Å². The van der Waals surface area contributed by atoms with E-state index in [-0.39, 0.29) is 12.1 Å². The molecule has 0 N–H and O–H groups in total. The second kappa shape index (κ2) is 5.16. The number of ether oxygens (including phenoxy) is 1. The molecular weight excluding hydrogens is 306 g/mol. The van der Waals surface area contributed by atoms with Gasteiger partial charge in [-0.05, 0) is 68.1 Å². The lowest BCUT2D eigenvalue weighted by Gasteiger charge is -2.36. The summed E-state index contributed by atoms with van der Waals surface area (Å²) in [7, 11) is 0. The minimum atomic E-state index is -0.477. The Morgan fingerprint density at radius 1 is 1.42 bits per heavy atom. The van der Waals surface area contributed by atoms with E-state index in [1.807, 2.05) is 32.9 Å². The van der Waals surface area contributed by atoms with E-state index in [1.165, 1.54) is 5.56 Å². The lowest BCUT2D eigenvalue weighted by molar-refractivity contribution is 0.0563. The quantitative estimate of drug-likeness (QED) is 0.701. The number of fused-ring (bicyclic) bond motifs is 1. The fourth-order valence-electron chi connectivity index (χ4n) is 2.33. The molecule has 3 nitrogen and oxygen atoms in total. The summed E-state index contributed by atoms with van der Waals surface area (Å²) in [6, 6.07) is 6.20. The van der Waals surface area contributed by atoms with Crippen molar-refractivity contribution in [2.24, 2.45) is 0 Å². The molecule has 0 saturated carbocycles. The highest BCUT2D eigenvalue weighted by Crippen LogP contribution is 2.37. The average Bonchev–Trinajstić information content (AvgIpc) is 2.27. The van der Waals surface area contributed by atoms with E-state index >= 15 is 0 Å². The first-order chi connectivity index (χ1) is 8.79. The minimum absolute atomic E-state index is 0.154. The first kappa shape index (κ1) is 14.4. The van der Waals surface area contributed by atoms with Gasteiger partial charge in [-0.25, -0.2) is 4.79 Å². The fourth-order valence-corrected chi connectivity index (χ4v) is 2.93. The Labute approximate surface area is 123 Å². The molecule has 1 atom stereocenters. The molecule has 0 aromatic heterocycles. The maximum Gasteiger partial charge on any atom is 0.415 e. The molecule has 0 saturated heterocycles. The number of anilines is 1. The molecule has 1 aliphatic heterocycles. The second-order valence-electron chi connectivity index (χ2n) is 5.99. The number of hydrogen-bond donors (Lipinski definition) is 0. The van der Waals surface area contributed by atoms with Gasteiger partial charge in [0.15, 0.2) is 0 Å². The zero-order valence-electron chi connectivity index (χ0n) is 11.9. The third-order valence-electron chi connectivity index (χ3n) is 3.17. The van der Waals surface area contributed by atoms with Crippen LogP contribution in [-0.2, 0) is 11.2 Å². The summed E-state index contributed by atoms with van der Waals surface area (Å²) in [5.41, 5.74) is 1.67. The molecule has 19 heavy (non-hydrogen) atoms. The van der Waals surface area contributed by atoms with Crippen LogP contribution in [0.5, 0.6) is 0 Å². The number of carbonyl (C=O) groups is 1. The van der Waals surface area contributed by atoms with Crippen molar-refractivity contribution in [3.05, 3.63) is 28.2 Å². The van der Waals surface area contributed by atoms with Crippen LogP contribution in [0.4, 0.5) is 10.5 Å². The number of para-hydroxylation sites is 1. The molecule has 1 aromatic rings. The van der Waals surface area contributed by atoms with Gasteiger partial charge in [-0.1, -0.05) is 12.1 Å². The number of amides is 1. The highest BCUT2D eigenvalue weighted by atomic mass is 79.9. The zero-order chi connectivity index (χ0) is 14.2. The lowest BCUT2D eigenvalue weighted by atomic mass is 9.97. The molecule has 0 bridgehead atoms. The van der Waals surface area contributed by atoms with Gasteiger partial charge in [-0.3, -0.25) is 4.90 Å². The van der Waals surface area contributed by atoms with Crippen molar-refractivity contribution < 1.29 is 9.53 Å². The molecule has 1 amide bonds. The lowest BCUT2D eigenvalue weighted by Crippen LogP contribution is -2.45. The van der Waals surface area contributed by atoms with Gasteiger partial charge in [0.1, 0.15) is 5.60 Å². The Balaban J connectivity index is 2.38. The first-order valence-corrected chi connectivity index (χ1v) is 7.38. The topological polar surface area (TPSA) is 29.5 Å². The van der Waals surface area contributed by atoms with Gasteiger partial charge in [-0.2, -0.15) is 0 Å². The van der Waals surface area contributed by atoms with Crippen LogP contribution >= 0.6 is 15.9 Å². The van der Waals surface area contributed by atoms with Crippen LogP contribution in [0.2, 0.25) is 0 Å². The van der Waals surface area contributed by atoms with E-state index in [0.29, 0.717) is 0 Å². The minimum Gasteiger partial charge on any atom is -0.443 e.